The number of rotatable bonds is 2. The van der Waals surface area contributed by atoms with Gasteiger partial charge in [0.25, 0.3) is 0 Å². The number of aryl methyl sites for hydroxylation is 1. The summed E-state index contributed by atoms with van der Waals surface area (Å²) in [6, 6.07) is 22.3. The lowest BCUT2D eigenvalue weighted by atomic mass is 10.1. The molecule has 0 spiro atoms. The predicted octanol–water partition coefficient (Wildman–Crippen LogP) is 5.60. The average Bonchev–Trinajstić information content (AvgIpc) is 3.32. The minimum Gasteiger partial charge on any atom is -0.437 e. The molecule has 5 nitrogen and oxygen atoms in total. The first-order valence-corrected chi connectivity index (χ1v) is 9.44. The van der Waals surface area contributed by atoms with Crippen LogP contribution in [0.5, 0.6) is 0 Å². The Kier molecular flexibility index (Phi) is 3.32. The smallest absolute Gasteiger partial charge is 0.227 e. The predicted molar refractivity (Wildman–Crippen MR) is 114 cm³/mol. The van der Waals surface area contributed by atoms with Crippen LogP contribution < -0.4 is 0 Å². The Hall–Kier alpha value is -3.99. The van der Waals surface area contributed by atoms with Crippen molar-refractivity contribution in [1.82, 2.24) is 19.5 Å². The van der Waals surface area contributed by atoms with Crippen LogP contribution in [0.15, 0.2) is 83.5 Å². The molecule has 0 unspecified atom stereocenters. The second kappa shape index (κ2) is 6.01. The van der Waals surface area contributed by atoms with Gasteiger partial charge in [-0.2, -0.15) is 0 Å². The maximum atomic E-state index is 6.27. The van der Waals surface area contributed by atoms with E-state index in [1.165, 1.54) is 0 Å². The largest absolute Gasteiger partial charge is 0.437 e. The van der Waals surface area contributed by atoms with E-state index in [-0.39, 0.29) is 0 Å². The molecular weight excluding hydrogens is 360 g/mol. The van der Waals surface area contributed by atoms with Gasteiger partial charge >= 0.3 is 0 Å². The fourth-order valence-corrected chi connectivity index (χ4v) is 3.90. The third kappa shape index (κ3) is 2.37. The minimum atomic E-state index is 0.634. The summed E-state index contributed by atoms with van der Waals surface area (Å²) < 4.78 is 8.32. The Morgan fingerprint density at radius 2 is 1.72 bits per heavy atom. The molecule has 0 radical (unpaired) electrons. The Bertz CT molecular complexity index is 1510. The van der Waals surface area contributed by atoms with Gasteiger partial charge in [0.15, 0.2) is 0 Å². The molecule has 6 rings (SSSR count). The molecule has 5 heteroatoms. The number of imidazole rings is 1. The van der Waals surface area contributed by atoms with Crippen LogP contribution in [-0.4, -0.2) is 19.5 Å². The number of para-hydroxylation sites is 1. The Balaban J connectivity index is 1.61. The SMILES string of the molecule is Cn1c(-c2cccc3c2oc2nc(-c4ccccc4)ccc23)nc2ccncc21. The number of pyridine rings is 2. The van der Waals surface area contributed by atoms with Crippen LogP contribution in [0.25, 0.3) is 55.7 Å². The van der Waals surface area contributed by atoms with E-state index in [0.29, 0.717) is 5.71 Å². The van der Waals surface area contributed by atoms with Gasteiger partial charge < -0.3 is 8.98 Å². The number of hydrogen-bond acceptors (Lipinski definition) is 4. The molecule has 0 atom stereocenters. The zero-order chi connectivity index (χ0) is 19.4. The molecule has 0 fully saturated rings. The second-order valence-electron chi connectivity index (χ2n) is 7.06. The molecular formula is C24H16N4O. The van der Waals surface area contributed by atoms with Gasteiger partial charge in [0.1, 0.15) is 11.4 Å². The van der Waals surface area contributed by atoms with Crippen LogP contribution >= 0.6 is 0 Å². The number of furan rings is 1. The van der Waals surface area contributed by atoms with Crippen molar-refractivity contribution in [2.24, 2.45) is 7.05 Å². The highest BCUT2D eigenvalue weighted by Gasteiger charge is 2.17. The average molecular weight is 376 g/mol. The van der Waals surface area contributed by atoms with Crippen molar-refractivity contribution in [3.63, 3.8) is 0 Å². The van der Waals surface area contributed by atoms with E-state index < -0.39 is 0 Å². The number of nitrogens with zero attached hydrogens (tertiary/aromatic N) is 4. The lowest BCUT2D eigenvalue weighted by Gasteiger charge is -2.03. The summed E-state index contributed by atoms with van der Waals surface area (Å²) in [7, 11) is 2.00. The summed E-state index contributed by atoms with van der Waals surface area (Å²) >= 11 is 0. The zero-order valence-electron chi connectivity index (χ0n) is 15.7. The molecule has 0 N–H and O–H groups in total. The highest BCUT2D eigenvalue weighted by Crippen LogP contribution is 2.36. The quantitative estimate of drug-likeness (QED) is 0.395. The number of fused-ring (bicyclic) bond motifs is 4. The van der Waals surface area contributed by atoms with Gasteiger partial charge in [-0.25, -0.2) is 9.97 Å². The molecule has 0 saturated heterocycles. The molecule has 0 bridgehead atoms. The molecule has 138 valence electrons. The highest BCUT2D eigenvalue weighted by atomic mass is 16.3. The van der Waals surface area contributed by atoms with Gasteiger partial charge in [-0.05, 0) is 24.3 Å². The monoisotopic (exact) mass is 376 g/mol. The first-order valence-electron chi connectivity index (χ1n) is 9.44. The summed E-state index contributed by atoms with van der Waals surface area (Å²) in [5, 5.41) is 2.04. The number of benzene rings is 2. The van der Waals surface area contributed by atoms with Crippen molar-refractivity contribution in [3.8, 4) is 22.6 Å². The second-order valence-corrected chi connectivity index (χ2v) is 7.06. The Morgan fingerprint density at radius 3 is 2.59 bits per heavy atom. The van der Waals surface area contributed by atoms with Crippen molar-refractivity contribution in [2.75, 3.05) is 0 Å². The van der Waals surface area contributed by atoms with E-state index in [0.717, 1.165) is 50.0 Å². The molecule has 6 aromatic rings. The molecule has 0 aliphatic rings. The third-order valence-electron chi connectivity index (χ3n) is 5.36. The third-order valence-corrected chi connectivity index (χ3v) is 5.36. The maximum absolute atomic E-state index is 6.27. The lowest BCUT2D eigenvalue weighted by molar-refractivity contribution is 0.655. The fourth-order valence-electron chi connectivity index (χ4n) is 3.90. The summed E-state index contributed by atoms with van der Waals surface area (Å²) in [4.78, 5) is 13.8. The van der Waals surface area contributed by atoms with Gasteiger partial charge in [0.05, 0.1) is 28.5 Å². The van der Waals surface area contributed by atoms with Crippen molar-refractivity contribution in [3.05, 3.63) is 79.1 Å². The molecule has 2 aromatic carbocycles. The molecule has 4 aromatic heterocycles. The van der Waals surface area contributed by atoms with E-state index >= 15 is 0 Å². The van der Waals surface area contributed by atoms with E-state index in [1.54, 1.807) is 6.20 Å². The van der Waals surface area contributed by atoms with Gasteiger partial charge in [0, 0.05) is 29.6 Å². The summed E-state index contributed by atoms with van der Waals surface area (Å²) in [6.45, 7) is 0. The van der Waals surface area contributed by atoms with Crippen LogP contribution in [0.3, 0.4) is 0 Å². The van der Waals surface area contributed by atoms with Gasteiger partial charge in [-0.15, -0.1) is 0 Å². The zero-order valence-corrected chi connectivity index (χ0v) is 15.7. The van der Waals surface area contributed by atoms with Crippen molar-refractivity contribution >= 4 is 33.1 Å². The van der Waals surface area contributed by atoms with Crippen molar-refractivity contribution < 1.29 is 4.42 Å². The van der Waals surface area contributed by atoms with Gasteiger partial charge in [0.2, 0.25) is 5.71 Å². The minimum absolute atomic E-state index is 0.634. The summed E-state index contributed by atoms with van der Waals surface area (Å²) in [5.74, 6) is 0.848. The maximum Gasteiger partial charge on any atom is 0.227 e. The van der Waals surface area contributed by atoms with Crippen molar-refractivity contribution in [1.29, 1.82) is 0 Å². The molecule has 0 amide bonds. The Labute approximate surface area is 166 Å². The van der Waals surface area contributed by atoms with Crippen LogP contribution in [0.2, 0.25) is 0 Å². The van der Waals surface area contributed by atoms with Crippen LogP contribution in [0.1, 0.15) is 0 Å². The van der Waals surface area contributed by atoms with Crippen LogP contribution in [0, 0.1) is 0 Å². The van der Waals surface area contributed by atoms with Crippen LogP contribution in [0.4, 0.5) is 0 Å². The lowest BCUT2D eigenvalue weighted by Crippen LogP contribution is -1.92. The number of hydrogen-bond donors (Lipinski definition) is 0. The van der Waals surface area contributed by atoms with E-state index in [9.17, 15) is 0 Å². The normalized spacial score (nSPS) is 11.6. The van der Waals surface area contributed by atoms with Crippen molar-refractivity contribution in [2.45, 2.75) is 0 Å². The highest BCUT2D eigenvalue weighted by molar-refractivity contribution is 6.08. The molecule has 29 heavy (non-hydrogen) atoms. The Morgan fingerprint density at radius 1 is 0.828 bits per heavy atom. The van der Waals surface area contributed by atoms with Gasteiger partial charge in [-0.3, -0.25) is 4.98 Å². The molecule has 0 aliphatic heterocycles. The van der Waals surface area contributed by atoms with E-state index in [2.05, 4.69) is 29.2 Å². The molecule has 0 saturated carbocycles. The van der Waals surface area contributed by atoms with E-state index in [1.807, 2.05) is 60.3 Å². The topological polar surface area (TPSA) is 56.7 Å². The number of aromatic nitrogens is 4. The molecule has 0 aliphatic carbocycles. The standard InChI is InChI=1S/C24H16N4O/c1-28-21-14-25-13-12-20(21)26-23(28)18-9-5-8-16-17-10-11-19(15-6-3-2-4-7-15)27-24(17)29-22(16)18/h2-14H,1H3. The summed E-state index contributed by atoms with van der Waals surface area (Å²) in [6.07, 6.45) is 3.59. The summed E-state index contributed by atoms with van der Waals surface area (Å²) in [5.41, 5.74) is 6.24. The van der Waals surface area contributed by atoms with E-state index in [4.69, 9.17) is 14.4 Å². The van der Waals surface area contributed by atoms with Gasteiger partial charge in [-0.1, -0.05) is 42.5 Å². The first-order chi connectivity index (χ1) is 14.3. The van der Waals surface area contributed by atoms with Crippen LogP contribution in [-0.2, 0) is 7.05 Å². The first kappa shape index (κ1) is 16.0. The molecule has 4 heterocycles. The fraction of sp³-hybridized carbons (Fsp3) is 0.0417.